The van der Waals surface area contributed by atoms with Gasteiger partial charge in [-0.1, -0.05) is 45.6 Å². The van der Waals surface area contributed by atoms with Gasteiger partial charge in [0.2, 0.25) is 0 Å². The maximum atomic E-state index is 12.8. The Kier molecular flexibility index (Phi) is 9.55. The first-order valence-corrected chi connectivity index (χ1v) is 7.62. The number of Topliss-reactive ketones (excluding diaryl/α,β-unsaturated/α-hetero) is 2. The van der Waals surface area contributed by atoms with Crippen molar-refractivity contribution < 1.29 is 53.5 Å². The Labute approximate surface area is 165 Å². The molecule has 0 bridgehead atoms. The molecule has 1 fully saturated rings. The fraction of sp³-hybridized carbons (Fsp3) is 0.588. The number of methoxy groups -OCH3 is 1. The van der Waals surface area contributed by atoms with Crippen LogP contribution in [0.3, 0.4) is 0 Å². The topological polar surface area (TPSA) is 82.0 Å². The van der Waals surface area contributed by atoms with Crippen LogP contribution in [-0.4, -0.2) is 37.0 Å². The Hall–Kier alpha value is -1.11. The Morgan fingerprint density at radius 1 is 1.46 bits per heavy atom. The molecule has 0 heterocycles. The number of hydrogen-bond acceptors (Lipinski definition) is 6. The van der Waals surface area contributed by atoms with Crippen molar-refractivity contribution in [2.24, 2.45) is 16.5 Å². The summed E-state index contributed by atoms with van der Waals surface area (Å²) in [7, 11) is 1.23. The fourth-order valence-electron chi connectivity index (χ4n) is 2.71. The molecule has 0 amide bonds. The Morgan fingerprint density at radius 3 is 2.58 bits per heavy atom. The Balaban J connectivity index is 0.00000529. The van der Waals surface area contributed by atoms with Gasteiger partial charge in [0.25, 0.3) is 0 Å². The first kappa shape index (κ1) is 22.9. The monoisotopic (exact) mass is 345 g/mol. The van der Waals surface area contributed by atoms with Crippen molar-refractivity contribution in [3.63, 3.8) is 0 Å². The summed E-state index contributed by atoms with van der Waals surface area (Å²) in [5, 5.41) is 3.91. The van der Waals surface area contributed by atoms with E-state index < -0.39 is 23.1 Å². The van der Waals surface area contributed by atoms with E-state index in [1.807, 2.05) is 6.92 Å². The molecule has 0 saturated heterocycles. The van der Waals surface area contributed by atoms with Gasteiger partial charge in [-0.25, -0.2) is 5.92 Å². The van der Waals surface area contributed by atoms with E-state index in [2.05, 4.69) is 11.7 Å². The van der Waals surface area contributed by atoms with Crippen LogP contribution in [0.15, 0.2) is 17.8 Å². The van der Waals surface area contributed by atoms with E-state index in [0.29, 0.717) is 12.8 Å². The van der Waals surface area contributed by atoms with Gasteiger partial charge in [0, 0.05) is 11.6 Å². The smallest absolute Gasteiger partial charge is 0.469 e. The van der Waals surface area contributed by atoms with Crippen LogP contribution >= 0.6 is 0 Å². The van der Waals surface area contributed by atoms with Crippen LogP contribution in [0.1, 0.15) is 40.0 Å². The van der Waals surface area contributed by atoms with Gasteiger partial charge in [-0.15, -0.1) is 5.16 Å². The van der Waals surface area contributed by atoms with Crippen molar-refractivity contribution in [1.29, 1.82) is 0 Å². The standard InChI is InChI=1S/C17H24NO5.Na/c1-6-8-11(18-23-9-7-2)13-12(19)10-17(3,4)14(15(13)20)16(21)22-5;/h7,14H,2,6,8-10H2,1,3-5H3;/q-1;+1/b18-11-;. The molecule has 1 unspecified atom stereocenters. The molecule has 1 rings (SSSR count). The number of ketones is 2. The first-order chi connectivity index (χ1) is 10.8. The number of carbonyl (C=O) groups excluding carboxylic acids is 3. The van der Waals surface area contributed by atoms with Crippen LogP contribution in [0.4, 0.5) is 0 Å². The largest absolute Gasteiger partial charge is 1.00 e. The molecule has 0 spiro atoms. The number of carbonyl (C=O) groups is 3. The third-order valence-corrected chi connectivity index (χ3v) is 3.76. The van der Waals surface area contributed by atoms with E-state index in [1.165, 1.54) is 13.2 Å². The molecule has 24 heavy (non-hydrogen) atoms. The van der Waals surface area contributed by atoms with Gasteiger partial charge in [0.15, 0.2) is 0 Å². The average Bonchev–Trinajstić information content (AvgIpc) is 2.45. The molecule has 0 aromatic heterocycles. The summed E-state index contributed by atoms with van der Waals surface area (Å²) in [6, 6.07) is 0. The van der Waals surface area contributed by atoms with Crippen molar-refractivity contribution in [3.8, 4) is 0 Å². The molecule has 1 atom stereocenters. The molecule has 0 aliphatic heterocycles. The summed E-state index contributed by atoms with van der Waals surface area (Å²) in [5.41, 5.74) is -0.502. The van der Waals surface area contributed by atoms with Gasteiger partial charge < -0.3 is 19.2 Å². The zero-order chi connectivity index (χ0) is 17.6. The van der Waals surface area contributed by atoms with E-state index in [0.717, 1.165) is 0 Å². The van der Waals surface area contributed by atoms with Crippen molar-refractivity contribution in [1.82, 2.24) is 0 Å². The van der Waals surface area contributed by atoms with Gasteiger partial charge in [-0.3, -0.25) is 4.79 Å². The molecule has 128 valence electrons. The quantitative estimate of drug-likeness (QED) is 0.0889. The van der Waals surface area contributed by atoms with Crippen LogP contribution in [0.5, 0.6) is 0 Å². The van der Waals surface area contributed by atoms with Crippen LogP contribution in [-0.2, 0) is 24.0 Å². The molecule has 7 heteroatoms. The molecular weight excluding hydrogens is 321 g/mol. The SMILES string of the molecule is C=CCO/N=C(/CCC)[C-]1C(=O)CC(C)(C)C(C(=O)OC)C1=O.[Na+]. The summed E-state index contributed by atoms with van der Waals surface area (Å²) in [6.07, 6.45) is 2.70. The number of rotatable bonds is 7. The van der Waals surface area contributed by atoms with Gasteiger partial charge in [-0.2, -0.15) is 0 Å². The Morgan fingerprint density at radius 2 is 2.08 bits per heavy atom. The molecule has 1 aliphatic carbocycles. The molecule has 0 N–H and O–H groups in total. The predicted octanol–water partition coefficient (Wildman–Crippen LogP) is -0.719. The van der Waals surface area contributed by atoms with Crippen LogP contribution in [0.2, 0.25) is 0 Å². The van der Waals surface area contributed by atoms with Crippen molar-refractivity contribution >= 4 is 23.2 Å². The molecular formula is C17H24NNaO5. The van der Waals surface area contributed by atoms with E-state index in [4.69, 9.17) is 9.57 Å². The number of nitrogens with zero attached hydrogens (tertiary/aromatic N) is 1. The van der Waals surface area contributed by atoms with Gasteiger partial charge in [-0.05, 0) is 18.3 Å². The Bertz CT molecular complexity index is 527. The minimum absolute atomic E-state index is 0. The predicted molar refractivity (Wildman–Crippen MR) is 85.7 cm³/mol. The number of oxime groups is 1. The minimum Gasteiger partial charge on any atom is -0.469 e. The number of hydrogen-bond donors (Lipinski definition) is 0. The van der Waals surface area contributed by atoms with Gasteiger partial charge >= 0.3 is 35.5 Å². The van der Waals surface area contributed by atoms with Gasteiger partial charge in [0.05, 0.1) is 13.0 Å². The summed E-state index contributed by atoms with van der Waals surface area (Å²) in [5.74, 6) is -2.53. The van der Waals surface area contributed by atoms with Crippen molar-refractivity contribution in [2.75, 3.05) is 13.7 Å². The average molecular weight is 345 g/mol. The molecule has 0 radical (unpaired) electrons. The summed E-state index contributed by atoms with van der Waals surface area (Å²) in [6.45, 7) is 9.03. The first-order valence-electron chi connectivity index (χ1n) is 7.62. The maximum absolute atomic E-state index is 12.8. The molecule has 1 saturated carbocycles. The summed E-state index contributed by atoms with van der Waals surface area (Å²) >= 11 is 0. The van der Waals surface area contributed by atoms with Crippen LogP contribution in [0, 0.1) is 17.3 Å². The van der Waals surface area contributed by atoms with Gasteiger partial charge in [0.1, 0.15) is 6.61 Å². The zero-order valence-electron chi connectivity index (χ0n) is 15.2. The normalized spacial score (nSPS) is 20.2. The van der Waals surface area contributed by atoms with E-state index in [1.54, 1.807) is 13.8 Å². The van der Waals surface area contributed by atoms with E-state index >= 15 is 0 Å². The van der Waals surface area contributed by atoms with E-state index in [-0.39, 0.29) is 60.0 Å². The summed E-state index contributed by atoms with van der Waals surface area (Å²) in [4.78, 5) is 42.3. The number of esters is 1. The maximum Gasteiger partial charge on any atom is 1.00 e. The molecule has 0 aromatic carbocycles. The third kappa shape index (κ3) is 5.19. The van der Waals surface area contributed by atoms with Crippen LogP contribution < -0.4 is 29.6 Å². The van der Waals surface area contributed by atoms with Crippen LogP contribution in [0.25, 0.3) is 0 Å². The zero-order valence-corrected chi connectivity index (χ0v) is 17.2. The van der Waals surface area contributed by atoms with Crippen molar-refractivity contribution in [3.05, 3.63) is 18.6 Å². The molecule has 1 aliphatic rings. The number of ether oxygens (including phenoxy) is 1. The molecule has 6 nitrogen and oxygen atoms in total. The third-order valence-electron chi connectivity index (χ3n) is 3.76. The minimum atomic E-state index is -1.01. The van der Waals surface area contributed by atoms with E-state index in [9.17, 15) is 14.4 Å². The fourth-order valence-corrected chi connectivity index (χ4v) is 2.71. The second-order valence-corrected chi connectivity index (χ2v) is 6.16. The second-order valence-electron chi connectivity index (χ2n) is 6.16. The summed E-state index contributed by atoms with van der Waals surface area (Å²) < 4.78 is 4.75. The van der Waals surface area contributed by atoms with Crippen molar-refractivity contribution in [2.45, 2.75) is 40.0 Å². The molecule has 0 aromatic rings. The second kappa shape index (κ2) is 10.0.